The Morgan fingerprint density at radius 3 is 2.48 bits per heavy atom. The van der Waals surface area contributed by atoms with E-state index in [2.05, 4.69) is 5.32 Å². The molecule has 21 heavy (non-hydrogen) atoms. The third-order valence-corrected chi connectivity index (χ3v) is 3.30. The largest absolute Gasteiger partial charge is 0.416 e. The van der Waals surface area contributed by atoms with Crippen LogP contribution in [0.2, 0.25) is 5.02 Å². The smallest absolute Gasteiger partial charge is 0.380 e. The summed E-state index contributed by atoms with van der Waals surface area (Å²) in [6.45, 7) is 1.75. The zero-order chi connectivity index (χ0) is 15.6. The predicted octanol–water partition coefficient (Wildman–Crippen LogP) is 5.42. The highest BCUT2D eigenvalue weighted by molar-refractivity contribution is 6.33. The van der Waals surface area contributed by atoms with Gasteiger partial charge in [-0.15, -0.1) is 0 Å². The molecule has 0 bridgehead atoms. The van der Waals surface area contributed by atoms with Gasteiger partial charge in [-0.1, -0.05) is 23.7 Å². The van der Waals surface area contributed by atoms with Crippen LogP contribution < -0.4 is 5.32 Å². The lowest BCUT2D eigenvalue weighted by Gasteiger charge is -2.15. The Morgan fingerprint density at radius 2 is 1.81 bits per heavy atom. The second-order valence-electron chi connectivity index (χ2n) is 4.64. The van der Waals surface area contributed by atoms with Gasteiger partial charge in [-0.2, -0.15) is 13.2 Å². The lowest BCUT2D eigenvalue weighted by Crippen LogP contribution is -2.12. The van der Waals surface area contributed by atoms with E-state index in [9.17, 15) is 17.6 Å². The Hall–Kier alpha value is -1.75. The zero-order valence-electron chi connectivity index (χ0n) is 11.1. The summed E-state index contributed by atoms with van der Waals surface area (Å²) in [7, 11) is 0. The van der Waals surface area contributed by atoms with Crippen LogP contribution in [-0.4, -0.2) is 0 Å². The Bertz CT molecular complexity index is 653. The molecule has 0 fully saturated rings. The van der Waals surface area contributed by atoms with Gasteiger partial charge < -0.3 is 5.32 Å². The third-order valence-electron chi connectivity index (χ3n) is 2.97. The molecule has 0 unspecified atom stereocenters. The van der Waals surface area contributed by atoms with Gasteiger partial charge in [0.1, 0.15) is 5.82 Å². The number of hydrogen-bond donors (Lipinski definition) is 1. The molecular formula is C15H12ClF4N. The summed E-state index contributed by atoms with van der Waals surface area (Å²) in [4.78, 5) is 0. The molecule has 0 amide bonds. The first-order chi connectivity index (χ1) is 9.77. The van der Waals surface area contributed by atoms with Crippen molar-refractivity contribution in [2.75, 3.05) is 5.32 Å². The normalized spacial score (nSPS) is 11.5. The van der Waals surface area contributed by atoms with Gasteiger partial charge in [-0.05, 0) is 42.3 Å². The maximum Gasteiger partial charge on any atom is 0.416 e. The molecule has 0 atom stereocenters. The highest BCUT2D eigenvalue weighted by Gasteiger charge is 2.33. The Balaban J connectivity index is 2.26. The second kappa shape index (κ2) is 5.93. The second-order valence-corrected chi connectivity index (χ2v) is 5.04. The summed E-state index contributed by atoms with van der Waals surface area (Å²) >= 11 is 5.97. The van der Waals surface area contributed by atoms with Crippen LogP contribution in [0.4, 0.5) is 23.2 Å². The van der Waals surface area contributed by atoms with Crippen molar-refractivity contribution in [2.24, 2.45) is 0 Å². The average molecular weight is 318 g/mol. The molecule has 1 nitrogen and oxygen atoms in total. The van der Waals surface area contributed by atoms with E-state index in [4.69, 9.17) is 11.6 Å². The van der Waals surface area contributed by atoms with Crippen LogP contribution in [0.15, 0.2) is 36.4 Å². The van der Waals surface area contributed by atoms with Gasteiger partial charge in [0.25, 0.3) is 0 Å². The highest BCUT2D eigenvalue weighted by atomic mass is 35.5. The molecule has 0 aliphatic carbocycles. The van der Waals surface area contributed by atoms with E-state index >= 15 is 0 Å². The number of benzene rings is 2. The first kappa shape index (κ1) is 15.6. The fourth-order valence-corrected chi connectivity index (χ4v) is 2.12. The van der Waals surface area contributed by atoms with Crippen LogP contribution in [-0.2, 0) is 12.7 Å². The lowest BCUT2D eigenvalue weighted by atomic mass is 10.1. The fraction of sp³-hybridized carbons (Fsp3) is 0.200. The van der Waals surface area contributed by atoms with Crippen LogP contribution in [0.3, 0.4) is 0 Å². The highest BCUT2D eigenvalue weighted by Crippen LogP contribution is 2.33. The van der Waals surface area contributed by atoms with Gasteiger partial charge in [0.15, 0.2) is 0 Å². The Morgan fingerprint density at radius 1 is 1.10 bits per heavy atom. The Labute approximate surface area is 124 Å². The predicted molar refractivity (Wildman–Crippen MR) is 74.9 cm³/mol. The van der Waals surface area contributed by atoms with E-state index < -0.39 is 17.6 Å². The first-order valence-corrected chi connectivity index (χ1v) is 6.51. The summed E-state index contributed by atoms with van der Waals surface area (Å²) in [6.07, 6.45) is -4.60. The van der Waals surface area contributed by atoms with Gasteiger partial charge in [0, 0.05) is 6.54 Å². The number of alkyl halides is 3. The molecule has 0 heterocycles. The average Bonchev–Trinajstić information content (AvgIpc) is 2.40. The topological polar surface area (TPSA) is 12.0 Å². The van der Waals surface area contributed by atoms with Crippen molar-refractivity contribution in [1.29, 1.82) is 0 Å². The first-order valence-electron chi connectivity index (χ1n) is 6.13. The Kier molecular flexibility index (Phi) is 4.42. The van der Waals surface area contributed by atoms with Crippen molar-refractivity contribution in [1.82, 2.24) is 0 Å². The summed E-state index contributed by atoms with van der Waals surface area (Å²) in [6, 6.07) is 7.81. The molecule has 2 rings (SSSR count). The molecule has 112 valence electrons. The summed E-state index contributed by atoms with van der Waals surface area (Å²) in [5.74, 6) is -0.917. The van der Waals surface area contributed by atoms with Crippen molar-refractivity contribution in [3.8, 4) is 0 Å². The molecule has 0 aliphatic rings. The number of anilines is 1. The van der Waals surface area contributed by atoms with E-state index in [1.807, 2.05) is 6.92 Å². The number of halogens is 5. The molecule has 0 saturated carbocycles. The minimum Gasteiger partial charge on any atom is -0.380 e. The van der Waals surface area contributed by atoms with Crippen LogP contribution >= 0.6 is 11.6 Å². The molecule has 0 saturated heterocycles. The third kappa shape index (κ3) is 3.88. The van der Waals surface area contributed by atoms with Crippen molar-refractivity contribution in [3.63, 3.8) is 0 Å². The molecule has 6 heteroatoms. The maximum absolute atomic E-state index is 13.0. The van der Waals surface area contributed by atoms with E-state index in [1.54, 1.807) is 18.2 Å². The van der Waals surface area contributed by atoms with Crippen molar-refractivity contribution in [2.45, 2.75) is 19.6 Å². The number of hydrogen-bond acceptors (Lipinski definition) is 1. The van der Waals surface area contributed by atoms with Crippen LogP contribution in [0.5, 0.6) is 0 Å². The number of rotatable bonds is 3. The van der Waals surface area contributed by atoms with Crippen molar-refractivity contribution < 1.29 is 17.6 Å². The van der Waals surface area contributed by atoms with Crippen LogP contribution in [0.1, 0.15) is 16.7 Å². The molecule has 0 radical (unpaired) electrons. The minimum atomic E-state index is -4.60. The van der Waals surface area contributed by atoms with E-state index in [0.717, 1.165) is 17.7 Å². The molecule has 0 aliphatic heterocycles. The summed E-state index contributed by atoms with van der Waals surface area (Å²) in [5, 5.41) is 3.26. The summed E-state index contributed by atoms with van der Waals surface area (Å²) in [5.41, 5.74) is 0.436. The maximum atomic E-state index is 13.0. The molecule has 1 N–H and O–H groups in total. The van der Waals surface area contributed by atoms with Gasteiger partial charge >= 0.3 is 6.18 Å². The molecular weight excluding hydrogens is 306 g/mol. The van der Waals surface area contributed by atoms with E-state index in [0.29, 0.717) is 16.8 Å². The van der Waals surface area contributed by atoms with Gasteiger partial charge in [0.2, 0.25) is 0 Å². The SMILES string of the molecule is Cc1ccc(Cl)c(NCc2ccc(F)cc2C(F)(F)F)c1. The van der Waals surface area contributed by atoms with Gasteiger partial charge in [-0.3, -0.25) is 0 Å². The molecule has 0 aromatic heterocycles. The van der Waals surface area contributed by atoms with E-state index in [-0.39, 0.29) is 12.1 Å². The van der Waals surface area contributed by atoms with Gasteiger partial charge in [-0.25, -0.2) is 4.39 Å². The minimum absolute atomic E-state index is 0.0403. The van der Waals surface area contributed by atoms with Crippen LogP contribution in [0, 0.1) is 12.7 Å². The number of nitrogens with one attached hydrogen (secondary N) is 1. The molecule has 2 aromatic carbocycles. The number of aryl methyl sites for hydroxylation is 1. The summed E-state index contributed by atoms with van der Waals surface area (Å²) < 4.78 is 51.6. The zero-order valence-corrected chi connectivity index (χ0v) is 11.8. The van der Waals surface area contributed by atoms with E-state index in [1.165, 1.54) is 0 Å². The molecule has 0 spiro atoms. The van der Waals surface area contributed by atoms with Crippen molar-refractivity contribution >= 4 is 17.3 Å². The molecule has 2 aromatic rings. The quantitative estimate of drug-likeness (QED) is 0.745. The van der Waals surface area contributed by atoms with Gasteiger partial charge in [0.05, 0.1) is 16.3 Å². The lowest BCUT2D eigenvalue weighted by molar-refractivity contribution is -0.138. The van der Waals surface area contributed by atoms with Crippen molar-refractivity contribution in [3.05, 3.63) is 63.9 Å². The fourth-order valence-electron chi connectivity index (χ4n) is 1.93. The monoisotopic (exact) mass is 317 g/mol. The van der Waals surface area contributed by atoms with Crippen LogP contribution in [0.25, 0.3) is 0 Å². The standard InChI is InChI=1S/C15H12ClF4N/c1-9-2-5-13(16)14(6-9)21-8-10-3-4-11(17)7-12(10)15(18,19)20/h2-7,21H,8H2,1H3.